The summed E-state index contributed by atoms with van der Waals surface area (Å²) in [5.41, 5.74) is 3.79. The average Bonchev–Trinajstić information content (AvgIpc) is 3.55. The number of hydrogen-bond acceptors (Lipinski definition) is 4. The molecule has 2 amide bonds. The highest BCUT2D eigenvalue weighted by Crippen LogP contribution is 2.47. The summed E-state index contributed by atoms with van der Waals surface area (Å²) >= 11 is 0. The summed E-state index contributed by atoms with van der Waals surface area (Å²) in [5.74, 6) is 0.114. The number of imidazole rings is 1. The van der Waals surface area contributed by atoms with Gasteiger partial charge in [0.05, 0.1) is 17.3 Å². The van der Waals surface area contributed by atoms with Gasteiger partial charge in [-0.25, -0.2) is 9.97 Å². The molecule has 2 aliphatic heterocycles. The third-order valence-corrected chi connectivity index (χ3v) is 7.78. The van der Waals surface area contributed by atoms with Crippen molar-refractivity contribution in [1.82, 2.24) is 19.4 Å². The Labute approximate surface area is 187 Å². The minimum atomic E-state index is -0.510. The van der Waals surface area contributed by atoms with E-state index in [1.54, 1.807) is 11.1 Å². The van der Waals surface area contributed by atoms with E-state index in [9.17, 15) is 9.59 Å². The zero-order valence-corrected chi connectivity index (χ0v) is 18.3. The third kappa shape index (κ3) is 2.73. The molecule has 1 saturated heterocycles. The Balaban J connectivity index is 1.22. The molecular formula is C25H27N5O2. The van der Waals surface area contributed by atoms with Crippen LogP contribution in [0, 0.1) is 0 Å². The van der Waals surface area contributed by atoms with Crippen molar-refractivity contribution in [3.05, 3.63) is 54.0 Å². The Bertz CT molecular complexity index is 1220. The number of carbonyl (C=O) groups excluding carboxylic acids is 2. The topological polar surface area (TPSA) is 71.3 Å². The third-order valence-electron chi connectivity index (χ3n) is 7.78. The van der Waals surface area contributed by atoms with Crippen LogP contribution in [0.2, 0.25) is 0 Å². The number of fused-ring (bicyclic) bond motifs is 3. The fourth-order valence-corrected chi connectivity index (χ4v) is 5.96. The molecule has 3 aromatic rings. The van der Waals surface area contributed by atoms with Crippen LogP contribution in [-0.2, 0) is 10.2 Å². The summed E-state index contributed by atoms with van der Waals surface area (Å²) in [7, 11) is 1.85. The highest BCUT2D eigenvalue weighted by molar-refractivity contribution is 6.08. The van der Waals surface area contributed by atoms with Crippen LogP contribution in [0.1, 0.15) is 60.5 Å². The Morgan fingerprint density at radius 2 is 1.84 bits per heavy atom. The highest BCUT2D eigenvalue weighted by Gasteiger charge is 2.51. The van der Waals surface area contributed by atoms with Crippen LogP contribution in [0.15, 0.2) is 42.9 Å². The van der Waals surface area contributed by atoms with E-state index in [4.69, 9.17) is 0 Å². The first-order valence-corrected chi connectivity index (χ1v) is 11.6. The van der Waals surface area contributed by atoms with Gasteiger partial charge in [-0.15, -0.1) is 0 Å². The molecule has 1 spiro atoms. The lowest BCUT2D eigenvalue weighted by atomic mass is 9.73. The Morgan fingerprint density at radius 3 is 2.62 bits per heavy atom. The van der Waals surface area contributed by atoms with Crippen LogP contribution in [0.3, 0.4) is 0 Å². The Morgan fingerprint density at radius 1 is 1.09 bits per heavy atom. The normalized spacial score (nSPS) is 20.5. The standard InChI is InChI=1S/C25H27N5O2/c1-28-21-9-5-4-8-19(21)25(24(28)32)10-12-29(13-11-25)23(31)17-14-20-22(26-15-17)30(16-27-20)18-6-2-3-7-18/h4-5,8-9,14-16,18H,2-3,6-7,10-13H2,1H3. The summed E-state index contributed by atoms with van der Waals surface area (Å²) < 4.78 is 2.17. The van der Waals surface area contributed by atoms with Gasteiger partial charge in [0, 0.05) is 38.1 Å². The second kappa shape index (κ2) is 7.15. The van der Waals surface area contributed by atoms with Crippen molar-refractivity contribution in [1.29, 1.82) is 0 Å². The van der Waals surface area contributed by atoms with E-state index in [-0.39, 0.29) is 11.8 Å². The number of para-hydroxylation sites is 1. The second-order valence-corrected chi connectivity index (χ2v) is 9.41. The fourth-order valence-electron chi connectivity index (χ4n) is 5.96. The molecule has 164 valence electrons. The van der Waals surface area contributed by atoms with Crippen molar-refractivity contribution in [3.8, 4) is 0 Å². The van der Waals surface area contributed by atoms with E-state index < -0.39 is 5.41 Å². The molecule has 0 bridgehead atoms. The number of amides is 2. The average molecular weight is 430 g/mol. The molecule has 3 aliphatic rings. The number of aromatic nitrogens is 3. The molecule has 32 heavy (non-hydrogen) atoms. The number of hydrogen-bond donors (Lipinski definition) is 0. The summed E-state index contributed by atoms with van der Waals surface area (Å²) in [6.07, 6.45) is 9.68. The first kappa shape index (κ1) is 19.5. The van der Waals surface area contributed by atoms with Gasteiger partial charge >= 0.3 is 0 Å². The van der Waals surface area contributed by atoms with E-state index >= 15 is 0 Å². The number of likely N-dealkylation sites (tertiary alicyclic amines) is 1. The van der Waals surface area contributed by atoms with Gasteiger partial charge in [-0.05, 0) is 43.4 Å². The lowest BCUT2D eigenvalue weighted by Gasteiger charge is -2.38. The van der Waals surface area contributed by atoms with E-state index in [0.717, 1.165) is 22.4 Å². The van der Waals surface area contributed by atoms with Crippen LogP contribution in [0.4, 0.5) is 5.69 Å². The first-order valence-electron chi connectivity index (χ1n) is 11.6. The SMILES string of the molecule is CN1C(=O)C2(CCN(C(=O)c3cnc4c(c3)ncn4C3CCCC3)CC2)c2ccccc21. The number of pyridine rings is 1. The van der Waals surface area contributed by atoms with Crippen molar-refractivity contribution < 1.29 is 9.59 Å². The lowest BCUT2D eigenvalue weighted by molar-refractivity contribution is -0.124. The summed E-state index contributed by atoms with van der Waals surface area (Å²) in [4.78, 5) is 39.2. The van der Waals surface area contributed by atoms with Crippen LogP contribution in [-0.4, -0.2) is 51.4 Å². The van der Waals surface area contributed by atoms with Gasteiger partial charge in [0.1, 0.15) is 5.52 Å². The molecule has 4 heterocycles. The zero-order valence-electron chi connectivity index (χ0n) is 18.3. The molecular weight excluding hydrogens is 402 g/mol. The van der Waals surface area contributed by atoms with E-state index in [0.29, 0.717) is 37.5 Å². The summed E-state index contributed by atoms with van der Waals surface area (Å²) in [5, 5.41) is 0. The molecule has 1 saturated carbocycles. The van der Waals surface area contributed by atoms with E-state index in [1.165, 1.54) is 25.7 Å². The van der Waals surface area contributed by atoms with Crippen LogP contribution in [0.5, 0.6) is 0 Å². The van der Waals surface area contributed by atoms with Gasteiger partial charge < -0.3 is 14.4 Å². The van der Waals surface area contributed by atoms with E-state index in [1.807, 2.05) is 42.5 Å². The van der Waals surface area contributed by atoms with Crippen molar-refractivity contribution in [3.63, 3.8) is 0 Å². The maximum absolute atomic E-state index is 13.3. The number of rotatable bonds is 2. The van der Waals surface area contributed by atoms with Gasteiger partial charge in [-0.1, -0.05) is 31.0 Å². The van der Waals surface area contributed by atoms with E-state index in [2.05, 4.69) is 20.6 Å². The largest absolute Gasteiger partial charge is 0.339 e. The van der Waals surface area contributed by atoms with Crippen molar-refractivity contribution in [2.75, 3.05) is 25.0 Å². The Kier molecular flexibility index (Phi) is 4.35. The lowest BCUT2D eigenvalue weighted by Crippen LogP contribution is -2.49. The predicted octanol–water partition coefficient (Wildman–Crippen LogP) is 3.70. The number of nitrogens with zero attached hydrogens (tertiary/aromatic N) is 5. The van der Waals surface area contributed by atoms with Gasteiger partial charge in [0.25, 0.3) is 5.91 Å². The minimum Gasteiger partial charge on any atom is -0.339 e. The van der Waals surface area contributed by atoms with Crippen molar-refractivity contribution in [2.24, 2.45) is 0 Å². The quantitative estimate of drug-likeness (QED) is 0.623. The highest BCUT2D eigenvalue weighted by atomic mass is 16.2. The molecule has 0 N–H and O–H groups in total. The zero-order chi connectivity index (χ0) is 21.9. The van der Waals surface area contributed by atoms with Crippen molar-refractivity contribution >= 4 is 28.7 Å². The molecule has 1 aliphatic carbocycles. The van der Waals surface area contributed by atoms with Gasteiger partial charge in [0.2, 0.25) is 5.91 Å². The molecule has 0 radical (unpaired) electrons. The number of anilines is 1. The van der Waals surface area contributed by atoms with Crippen LogP contribution in [0.25, 0.3) is 11.2 Å². The molecule has 2 fully saturated rings. The fraction of sp³-hybridized carbons (Fsp3) is 0.440. The molecule has 2 aromatic heterocycles. The van der Waals surface area contributed by atoms with Gasteiger partial charge in [-0.3, -0.25) is 9.59 Å². The predicted molar refractivity (Wildman–Crippen MR) is 122 cm³/mol. The van der Waals surface area contributed by atoms with Crippen molar-refractivity contribution in [2.45, 2.75) is 50.0 Å². The monoisotopic (exact) mass is 429 g/mol. The molecule has 1 aromatic carbocycles. The summed E-state index contributed by atoms with van der Waals surface area (Å²) in [6.45, 7) is 1.11. The molecule has 7 heteroatoms. The molecule has 0 unspecified atom stereocenters. The van der Waals surface area contributed by atoms with Crippen LogP contribution < -0.4 is 4.90 Å². The van der Waals surface area contributed by atoms with Gasteiger partial charge in [-0.2, -0.15) is 0 Å². The number of carbonyl (C=O) groups is 2. The number of benzene rings is 1. The Hall–Kier alpha value is -3.22. The first-order chi connectivity index (χ1) is 15.6. The minimum absolute atomic E-state index is 0.0308. The molecule has 0 atom stereocenters. The number of likely N-dealkylation sites (N-methyl/N-ethyl adjacent to an activating group) is 1. The van der Waals surface area contributed by atoms with Crippen LogP contribution >= 0.6 is 0 Å². The molecule has 7 nitrogen and oxygen atoms in total. The maximum Gasteiger partial charge on any atom is 0.255 e. The molecule has 6 rings (SSSR count). The van der Waals surface area contributed by atoms with Gasteiger partial charge in [0.15, 0.2) is 5.65 Å². The smallest absolute Gasteiger partial charge is 0.255 e. The maximum atomic E-state index is 13.3. The second-order valence-electron chi connectivity index (χ2n) is 9.41. The summed E-state index contributed by atoms with van der Waals surface area (Å²) in [6, 6.07) is 10.4. The number of piperidine rings is 1.